The second kappa shape index (κ2) is 7.44. The van der Waals surface area contributed by atoms with Crippen molar-refractivity contribution >= 4 is 17.7 Å². The van der Waals surface area contributed by atoms with Gasteiger partial charge in [-0.2, -0.15) is 0 Å². The summed E-state index contributed by atoms with van der Waals surface area (Å²) in [5.74, 6) is 0.0325. The fourth-order valence-corrected chi connectivity index (χ4v) is 1.97. The van der Waals surface area contributed by atoms with Crippen LogP contribution in [0.3, 0.4) is 0 Å². The Bertz CT molecular complexity index is 376. The van der Waals surface area contributed by atoms with Gasteiger partial charge in [-0.25, -0.2) is 0 Å². The Hall–Kier alpha value is -1.00. The van der Waals surface area contributed by atoms with E-state index < -0.39 is 0 Å². The van der Waals surface area contributed by atoms with Gasteiger partial charge in [0.05, 0.1) is 12.6 Å². The van der Waals surface area contributed by atoms with E-state index in [1.165, 1.54) is 4.90 Å². The summed E-state index contributed by atoms with van der Waals surface area (Å²) in [6.07, 6.45) is 2.05. The van der Waals surface area contributed by atoms with Crippen molar-refractivity contribution in [2.24, 2.45) is 0 Å². The molecule has 0 bridgehead atoms. The van der Waals surface area contributed by atoms with E-state index in [1.54, 1.807) is 11.8 Å². The van der Waals surface area contributed by atoms with E-state index in [1.807, 2.05) is 20.8 Å². The van der Waals surface area contributed by atoms with Crippen LogP contribution in [-0.2, 0) is 4.79 Å². The number of carbonyl (C=O) groups is 1. The predicted molar refractivity (Wildman–Crippen MR) is 77.9 cm³/mol. The number of nitrogens with one attached hydrogen (secondary N) is 2. The maximum absolute atomic E-state index is 11.7. The molecule has 0 aliphatic carbocycles. The molecule has 1 aromatic rings. The van der Waals surface area contributed by atoms with Crippen molar-refractivity contribution in [1.29, 1.82) is 0 Å². The van der Waals surface area contributed by atoms with Crippen molar-refractivity contribution in [3.05, 3.63) is 29.8 Å². The molecule has 1 rings (SSSR count). The highest BCUT2D eigenvalue weighted by molar-refractivity contribution is 7.98. The van der Waals surface area contributed by atoms with Crippen LogP contribution >= 0.6 is 11.8 Å². The number of hydrogen-bond acceptors (Lipinski definition) is 3. The Balaban J connectivity index is 2.48. The van der Waals surface area contributed by atoms with E-state index in [0.717, 1.165) is 5.56 Å². The highest BCUT2D eigenvalue weighted by Crippen LogP contribution is 2.18. The number of hydrogen-bond donors (Lipinski definition) is 2. The van der Waals surface area contributed by atoms with Gasteiger partial charge < -0.3 is 10.6 Å². The maximum Gasteiger partial charge on any atom is 0.234 e. The summed E-state index contributed by atoms with van der Waals surface area (Å²) in [4.78, 5) is 12.9. The van der Waals surface area contributed by atoms with Crippen molar-refractivity contribution in [3.63, 3.8) is 0 Å². The lowest BCUT2D eigenvalue weighted by atomic mass is 10.1. The first kappa shape index (κ1) is 15.1. The van der Waals surface area contributed by atoms with Crippen molar-refractivity contribution < 1.29 is 4.79 Å². The molecule has 1 aromatic carbocycles. The van der Waals surface area contributed by atoms with Crippen LogP contribution in [0, 0.1) is 0 Å². The molecule has 0 aliphatic rings. The maximum atomic E-state index is 11.7. The molecule has 0 aliphatic heterocycles. The first-order chi connectivity index (χ1) is 8.52. The van der Waals surface area contributed by atoms with Crippen LogP contribution < -0.4 is 10.6 Å². The normalized spacial score (nSPS) is 12.5. The van der Waals surface area contributed by atoms with Gasteiger partial charge >= 0.3 is 0 Å². The van der Waals surface area contributed by atoms with E-state index >= 15 is 0 Å². The molecule has 0 saturated heterocycles. The minimum Gasteiger partial charge on any atom is -0.348 e. The van der Waals surface area contributed by atoms with E-state index in [-0.39, 0.29) is 11.9 Å². The molecule has 0 fully saturated rings. The van der Waals surface area contributed by atoms with Crippen molar-refractivity contribution in [2.75, 3.05) is 12.8 Å². The largest absolute Gasteiger partial charge is 0.348 e. The van der Waals surface area contributed by atoms with Crippen LogP contribution in [0.4, 0.5) is 0 Å². The summed E-state index contributed by atoms with van der Waals surface area (Å²) in [6, 6.07) is 8.65. The number of amides is 1. The van der Waals surface area contributed by atoms with Gasteiger partial charge in [-0.05, 0) is 30.9 Å². The Morgan fingerprint density at radius 3 is 2.33 bits per heavy atom. The van der Waals surface area contributed by atoms with Gasteiger partial charge in [-0.1, -0.05) is 26.0 Å². The summed E-state index contributed by atoms with van der Waals surface area (Å²) in [5.41, 5.74) is 1.13. The van der Waals surface area contributed by atoms with Crippen molar-refractivity contribution in [1.82, 2.24) is 10.6 Å². The Morgan fingerprint density at radius 1 is 1.22 bits per heavy atom. The number of carbonyl (C=O) groups excluding carboxylic acids is 1. The van der Waals surface area contributed by atoms with Gasteiger partial charge in [0.2, 0.25) is 5.91 Å². The fourth-order valence-electron chi connectivity index (χ4n) is 1.57. The first-order valence-electron chi connectivity index (χ1n) is 6.19. The molecule has 0 saturated carbocycles. The van der Waals surface area contributed by atoms with Crippen molar-refractivity contribution in [2.45, 2.75) is 37.8 Å². The van der Waals surface area contributed by atoms with E-state index in [2.05, 4.69) is 41.2 Å². The van der Waals surface area contributed by atoms with Gasteiger partial charge in [-0.3, -0.25) is 4.79 Å². The lowest BCUT2D eigenvalue weighted by molar-refractivity contribution is -0.121. The Labute approximate surface area is 114 Å². The summed E-state index contributed by atoms with van der Waals surface area (Å²) < 4.78 is 0. The van der Waals surface area contributed by atoms with E-state index in [9.17, 15) is 4.79 Å². The second-order valence-electron chi connectivity index (χ2n) is 4.60. The minimum atomic E-state index is 0.0325. The molecule has 18 heavy (non-hydrogen) atoms. The SMILES string of the molecule is CSc1ccc(C(C)NC(=O)CNC(C)C)cc1. The average Bonchev–Trinajstić information content (AvgIpc) is 2.36. The van der Waals surface area contributed by atoms with Crippen LogP contribution in [0.5, 0.6) is 0 Å². The van der Waals surface area contributed by atoms with Crippen LogP contribution in [0.1, 0.15) is 32.4 Å². The third-order valence-corrected chi connectivity index (χ3v) is 3.41. The quantitative estimate of drug-likeness (QED) is 0.778. The smallest absolute Gasteiger partial charge is 0.234 e. The zero-order valence-corrected chi connectivity index (χ0v) is 12.3. The molecular formula is C14H22N2OS. The van der Waals surface area contributed by atoms with E-state index in [4.69, 9.17) is 0 Å². The molecule has 3 nitrogen and oxygen atoms in total. The lowest BCUT2D eigenvalue weighted by Gasteiger charge is -2.15. The van der Waals surface area contributed by atoms with Gasteiger partial charge in [-0.15, -0.1) is 11.8 Å². The summed E-state index contributed by atoms with van der Waals surface area (Å²) >= 11 is 1.72. The van der Waals surface area contributed by atoms with Crippen LogP contribution in [0.2, 0.25) is 0 Å². The van der Waals surface area contributed by atoms with Gasteiger partial charge in [0, 0.05) is 10.9 Å². The van der Waals surface area contributed by atoms with Gasteiger partial charge in [0.15, 0.2) is 0 Å². The predicted octanol–water partition coefficient (Wildman–Crippen LogP) is 2.58. The third kappa shape index (κ3) is 5.10. The average molecular weight is 266 g/mol. The zero-order valence-electron chi connectivity index (χ0n) is 11.5. The number of rotatable bonds is 6. The number of benzene rings is 1. The summed E-state index contributed by atoms with van der Waals surface area (Å²) in [7, 11) is 0. The van der Waals surface area contributed by atoms with Crippen LogP contribution in [0.25, 0.3) is 0 Å². The van der Waals surface area contributed by atoms with Gasteiger partial charge in [0.1, 0.15) is 0 Å². The molecule has 0 radical (unpaired) electrons. The zero-order chi connectivity index (χ0) is 13.5. The summed E-state index contributed by atoms with van der Waals surface area (Å²) in [6.45, 7) is 6.42. The highest BCUT2D eigenvalue weighted by Gasteiger charge is 2.09. The van der Waals surface area contributed by atoms with Gasteiger partial charge in [0.25, 0.3) is 0 Å². The minimum absolute atomic E-state index is 0.0325. The lowest BCUT2D eigenvalue weighted by Crippen LogP contribution is -2.37. The molecule has 1 atom stereocenters. The second-order valence-corrected chi connectivity index (χ2v) is 5.48. The topological polar surface area (TPSA) is 41.1 Å². The van der Waals surface area contributed by atoms with Crippen LogP contribution in [0.15, 0.2) is 29.2 Å². The first-order valence-corrected chi connectivity index (χ1v) is 7.42. The molecule has 0 heterocycles. The monoisotopic (exact) mass is 266 g/mol. The Kier molecular flexibility index (Phi) is 6.22. The number of thioether (sulfide) groups is 1. The molecule has 2 N–H and O–H groups in total. The Morgan fingerprint density at radius 2 is 1.83 bits per heavy atom. The highest BCUT2D eigenvalue weighted by atomic mass is 32.2. The molecular weight excluding hydrogens is 244 g/mol. The molecule has 0 spiro atoms. The van der Waals surface area contributed by atoms with Crippen LogP contribution in [-0.4, -0.2) is 24.7 Å². The molecule has 0 aromatic heterocycles. The molecule has 4 heteroatoms. The van der Waals surface area contributed by atoms with Crippen molar-refractivity contribution in [3.8, 4) is 0 Å². The molecule has 1 amide bonds. The standard InChI is InChI=1S/C14H22N2OS/c1-10(2)15-9-14(17)16-11(3)12-5-7-13(18-4)8-6-12/h5-8,10-11,15H,9H2,1-4H3,(H,16,17). The summed E-state index contributed by atoms with van der Waals surface area (Å²) in [5, 5.41) is 6.09. The molecule has 100 valence electrons. The van der Waals surface area contributed by atoms with E-state index in [0.29, 0.717) is 12.6 Å². The molecule has 1 unspecified atom stereocenters. The fraction of sp³-hybridized carbons (Fsp3) is 0.500. The third-order valence-electron chi connectivity index (χ3n) is 2.66.